The van der Waals surface area contributed by atoms with Gasteiger partial charge >= 0.3 is 0 Å². The molecule has 0 radical (unpaired) electrons. The summed E-state index contributed by atoms with van der Waals surface area (Å²) in [6, 6.07) is 25.7. The molecule has 1 fully saturated rings. The number of amides is 1. The van der Waals surface area contributed by atoms with Crippen LogP contribution in [0.4, 0.5) is 0 Å². The Kier molecular flexibility index (Phi) is 7.01. The summed E-state index contributed by atoms with van der Waals surface area (Å²) < 4.78 is 0. The van der Waals surface area contributed by atoms with Crippen molar-refractivity contribution in [3.63, 3.8) is 0 Å². The highest BCUT2D eigenvalue weighted by molar-refractivity contribution is 6.30. The number of benzene rings is 3. The maximum absolute atomic E-state index is 12.5. The largest absolute Gasteiger partial charge is 0.337 e. The molecule has 3 aromatic rings. The van der Waals surface area contributed by atoms with Gasteiger partial charge in [0, 0.05) is 43.8 Å². The van der Waals surface area contributed by atoms with Gasteiger partial charge in [-0.3, -0.25) is 9.69 Å². The lowest BCUT2D eigenvalue weighted by molar-refractivity contribution is -0.127. The summed E-state index contributed by atoms with van der Waals surface area (Å²) >= 11 is 5.90. The number of halogens is 1. The highest BCUT2D eigenvalue weighted by Crippen LogP contribution is 2.24. The number of piperazine rings is 1. The second-order valence-corrected chi connectivity index (χ2v) is 8.28. The first-order valence-corrected chi connectivity index (χ1v) is 11.0. The Morgan fingerprint density at radius 2 is 1.62 bits per heavy atom. The van der Waals surface area contributed by atoms with Gasteiger partial charge in [0.2, 0.25) is 5.91 Å². The van der Waals surface area contributed by atoms with Crippen LogP contribution in [0.1, 0.15) is 16.7 Å². The van der Waals surface area contributed by atoms with E-state index in [4.69, 9.17) is 11.6 Å². The summed E-state index contributed by atoms with van der Waals surface area (Å²) in [6.07, 6.45) is 3.47. The second kappa shape index (κ2) is 10.3. The molecular weight excluding hydrogens is 418 g/mol. The molecule has 1 heterocycles. The van der Waals surface area contributed by atoms with Crippen molar-refractivity contribution in [2.24, 2.45) is 0 Å². The van der Waals surface area contributed by atoms with Crippen molar-refractivity contribution in [1.29, 1.82) is 5.26 Å². The van der Waals surface area contributed by atoms with Gasteiger partial charge in [-0.15, -0.1) is 0 Å². The normalized spacial score (nSPS) is 14.4. The minimum absolute atomic E-state index is 0.0418. The van der Waals surface area contributed by atoms with E-state index in [2.05, 4.69) is 35.2 Å². The number of rotatable bonds is 5. The highest BCUT2D eigenvalue weighted by atomic mass is 35.5. The molecule has 1 aliphatic rings. The monoisotopic (exact) mass is 441 g/mol. The molecule has 3 aromatic carbocycles. The van der Waals surface area contributed by atoms with Crippen LogP contribution in [0.2, 0.25) is 5.02 Å². The van der Waals surface area contributed by atoms with Crippen LogP contribution in [0.3, 0.4) is 0 Å². The smallest absolute Gasteiger partial charge is 0.246 e. The predicted octanol–water partition coefficient (Wildman–Crippen LogP) is 5.24. The lowest BCUT2D eigenvalue weighted by Crippen LogP contribution is -2.47. The molecule has 0 bridgehead atoms. The molecule has 1 saturated heterocycles. The van der Waals surface area contributed by atoms with Gasteiger partial charge in [-0.1, -0.05) is 66.2 Å². The third kappa shape index (κ3) is 5.45. The van der Waals surface area contributed by atoms with Crippen LogP contribution in [0.15, 0.2) is 78.9 Å². The van der Waals surface area contributed by atoms with Crippen molar-refractivity contribution in [3.05, 3.63) is 101 Å². The van der Waals surface area contributed by atoms with Crippen LogP contribution in [0, 0.1) is 11.3 Å². The summed E-state index contributed by atoms with van der Waals surface area (Å²) in [4.78, 5) is 16.8. The van der Waals surface area contributed by atoms with E-state index in [1.807, 2.05) is 59.5 Å². The maximum atomic E-state index is 12.5. The van der Waals surface area contributed by atoms with E-state index in [1.165, 1.54) is 5.56 Å². The van der Waals surface area contributed by atoms with Crippen molar-refractivity contribution in [2.45, 2.75) is 6.54 Å². The van der Waals surface area contributed by atoms with Crippen LogP contribution in [-0.4, -0.2) is 41.9 Å². The molecule has 1 amide bonds. The fourth-order valence-electron chi connectivity index (χ4n) is 3.85. The summed E-state index contributed by atoms with van der Waals surface area (Å²) in [5.41, 5.74) is 4.88. The minimum Gasteiger partial charge on any atom is -0.337 e. The SMILES string of the molecule is N#Cc1ccccc1-c1ccc(CN2CCN(C(=O)/C=C/c3ccc(Cl)cc3)CC2)cc1. The third-order valence-corrected chi connectivity index (χ3v) is 5.94. The van der Waals surface area contributed by atoms with E-state index in [-0.39, 0.29) is 5.91 Å². The molecule has 0 aliphatic carbocycles. The van der Waals surface area contributed by atoms with Gasteiger partial charge in [-0.05, 0) is 46.5 Å². The standard InChI is InChI=1S/C27H24ClN3O/c28-25-12-7-21(8-13-25)9-14-27(32)31-17-15-30(16-18-31)20-22-5-10-23(11-6-22)26-4-2-1-3-24(26)19-29/h1-14H,15-18,20H2/b14-9+. The Labute approximate surface area is 194 Å². The Balaban J connectivity index is 1.30. The van der Waals surface area contributed by atoms with Gasteiger partial charge in [0.05, 0.1) is 11.6 Å². The fraction of sp³-hybridized carbons (Fsp3) is 0.185. The molecule has 4 nitrogen and oxygen atoms in total. The van der Waals surface area contributed by atoms with Crippen molar-refractivity contribution < 1.29 is 4.79 Å². The van der Waals surface area contributed by atoms with Gasteiger partial charge in [-0.2, -0.15) is 5.26 Å². The second-order valence-electron chi connectivity index (χ2n) is 7.84. The molecule has 0 spiro atoms. The zero-order valence-corrected chi connectivity index (χ0v) is 18.5. The third-order valence-electron chi connectivity index (χ3n) is 5.69. The molecule has 0 saturated carbocycles. The average Bonchev–Trinajstić information content (AvgIpc) is 2.84. The van der Waals surface area contributed by atoms with Gasteiger partial charge < -0.3 is 4.90 Å². The van der Waals surface area contributed by atoms with Crippen LogP contribution in [-0.2, 0) is 11.3 Å². The van der Waals surface area contributed by atoms with Crippen molar-refractivity contribution in [1.82, 2.24) is 9.80 Å². The first-order chi connectivity index (χ1) is 15.6. The zero-order valence-electron chi connectivity index (χ0n) is 17.7. The summed E-state index contributed by atoms with van der Waals surface area (Å²) in [7, 11) is 0. The van der Waals surface area contributed by atoms with Crippen LogP contribution < -0.4 is 0 Å². The average molecular weight is 442 g/mol. The van der Waals surface area contributed by atoms with Gasteiger partial charge in [-0.25, -0.2) is 0 Å². The van der Waals surface area contributed by atoms with E-state index < -0.39 is 0 Å². The Hall–Kier alpha value is -3.39. The van der Waals surface area contributed by atoms with Crippen molar-refractivity contribution >= 4 is 23.6 Å². The van der Waals surface area contributed by atoms with Crippen LogP contribution in [0.25, 0.3) is 17.2 Å². The molecule has 160 valence electrons. The molecule has 1 aliphatic heterocycles. The molecule has 0 unspecified atom stereocenters. The predicted molar refractivity (Wildman–Crippen MR) is 129 cm³/mol. The van der Waals surface area contributed by atoms with Crippen molar-refractivity contribution in [3.8, 4) is 17.2 Å². The lowest BCUT2D eigenvalue weighted by atomic mass is 9.99. The maximum Gasteiger partial charge on any atom is 0.246 e. The first-order valence-electron chi connectivity index (χ1n) is 10.7. The Morgan fingerprint density at radius 3 is 2.31 bits per heavy atom. The molecule has 32 heavy (non-hydrogen) atoms. The topological polar surface area (TPSA) is 47.3 Å². The number of hydrogen-bond acceptors (Lipinski definition) is 3. The van der Waals surface area contributed by atoms with Crippen molar-refractivity contribution in [2.75, 3.05) is 26.2 Å². The summed E-state index contributed by atoms with van der Waals surface area (Å²) in [5, 5.41) is 10.0. The fourth-order valence-corrected chi connectivity index (χ4v) is 3.98. The van der Waals surface area contributed by atoms with Crippen LogP contribution in [0.5, 0.6) is 0 Å². The van der Waals surface area contributed by atoms with E-state index >= 15 is 0 Å². The summed E-state index contributed by atoms with van der Waals surface area (Å²) in [5.74, 6) is 0.0418. The summed E-state index contributed by atoms with van der Waals surface area (Å²) in [6.45, 7) is 3.98. The van der Waals surface area contributed by atoms with E-state index in [1.54, 1.807) is 6.08 Å². The minimum atomic E-state index is 0.0418. The number of nitriles is 1. The molecular formula is C27H24ClN3O. The first kappa shape index (κ1) is 21.8. The quantitative estimate of drug-likeness (QED) is 0.509. The van der Waals surface area contributed by atoms with E-state index in [0.717, 1.165) is 49.4 Å². The molecule has 0 aromatic heterocycles. The number of nitrogens with zero attached hydrogens (tertiary/aromatic N) is 3. The number of hydrogen-bond donors (Lipinski definition) is 0. The lowest BCUT2D eigenvalue weighted by Gasteiger charge is -2.34. The molecule has 0 N–H and O–H groups in total. The van der Waals surface area contributed by atoms with E-state index in [0.29, 0.717) is 10.6 Å². The zero-order chi connectivity index (χ0) is 22.3. The molecule has 4 rings (SSSR count). The van der Waals surface area contributed by atoms with Crippen LogP contribution >= 0.6 is 11.6 Å². The number of carbonyl (C=O) groups is 1. The van der Waals surface area contributed by atoms with Gasteiger partial charge in [0.25, 0.3) is 0 Å². The molecule has 5 heteroatoms. The van der Waals surface area contributed by atoms with Gasteiger partial charge in [0.1, 0.15) is 0 Å². The highest BCUT2D eigenvalue weighted by Gasteiger charge is 2.19. The van der Waals surface area contributed by atoms with E-state index in [9.17, 15) is 10.1 Å². The van der Waals surface area contributed by atoms with Gasteiger partial charge in [0.15, 0.2) is 0 Å². The number of carbonyl (C=O) groups excluding carboxylic acids is 1. The Morgan fingerprint density at radius 1 is 0.938 bits per heavy atom. The molecule has 0 atom stereocenters. The Bertz CT molecular complexity index is 1140.